The summed E-state index contributed by atoms with van der Waals surface area (Å²) in [5, 5.41) is 2.32. The fourth-order valence-electron chi connectivity index (χ4n) is 4.20. The molecular weight excluding hydrogens is 613 g/mol. The monoisotopic (exact) mass is 634 g/mol. The van der Waals surface area contributed by atoms with Crippen LogP contribution < -0.4 is 4.74 Å². The van der Waals surface area contributed by atoms with Crippen molar-refractivity contribution >= 4 is 21.8 Å². The van der Waals surface area contributed by atoms with Gasteiger partial charge in [0.05, 0.1) is 0 Å². The molecule has 6 aromatic rings. The van der Waals surface area contributed by atoms with Crippen molar-refractivity contribution < 1.29 is 25.8 Å². The van der Waals surface area contributed by atoms with Crippen LogP contribution in [-0.4, -0.2) is 14.5 Å². The Bertz CT molecular complexity index is 1660. The van der Waals surface area contributed by atoms with E-state index in [2.05, 4.69) is 78.0 Å². The predicted octanol–water partition coefficient (Wildman–Crippen LogP) is 7.25. The van der Waals surface area contributed by atoms with Crippen molar-refractivity contribution in [3.63, 3.8) is 0 Å². The van der Waals surface area contributed by atoms with Crippen LogP contribution in [-0.2, 0) is 21.1 Å². The van der Waals surface area contributed by atoms with Gasteiger partial charge in [-0.25, -0.2) is 21.1 Å². The third-order valence-electron chi connectivity index (χ3n) is 6.08. The molecule has 0 aliphatic heterocycles. The number of aryl methyl sites for hydroxylation is 2. The van der Waals surface area contributed by atoms with Crippen LogP contribution in [0.5, 0.6) is 11.6 Å². The quantitative estimate of drug-likeness (QED) is 0.192. The molecule has 3 heterocycles. The summed E-state index contributed by atoms with van der Waals surface area (Å²) in [6.45, 7) is 4.20. The Labute approximate surface area is 218 Å². The molecule has 0 atom stereocenters. The number of benzene rings is 3. The second kappa shape index (κ2) is 9.48. The summed E-state index contributed by atoms with van der Waals surface area (Å²) < 4.78 is 8.09. The van der Waals surface area contributed by atoms with Crippen LogP contribution in [0.15, 0.2) is 91.3 Å². The van der Waals surface area contributed by atoms with Gasteiger partial charge in [-0.2, -0.15) is 24.3 Å². The van der Waals surface area contributed by atoms with E-state index in [4.69, 9.17) is 9.72 Å². The summed E-state index contributed by atoms with van der Waals surface area (Å²) in [5.41, 5.74) is 6.32. The van der Waals surface area contributed by atoms with Gasteiger partial charge < -0.3 is 9.30 Å². The number of hydrogen-bond donors (Lipinski definition) is 0. The summed E-state index contributed by atoms with van der Waals surface area (Å²) in [5.74, 6) is 2.04. The fourth-order valence-corrected chi connectivity index (χ4v) is 4.20. The number of para-hydroxylation sites is 1. The van der Waals surface area contributed by atoms with Gasteiger partial charge in [0.1, 0.15) is 5.82 Å². The van der Waals surface area contributed by atoms with E-state index in [1.165, 1.54) is 16.5 Å². The van der Waals surface area contributed by atoms with Crippen LogP contribution >= 0.6 is 0 Å². The standard InChI is InChI=1S/C30H21N3O.Pt/c1-20-16-29(32-19-21(20)2)33-27-11-4-3-10-25(27)26-14-13-23(18-28(26)33)22-8-7-9-24(17-22)34-30-12-5-6-15-31-30;/h3-16,19H,1-2H3;/q-2;+2. The number of ether oxygens (including phenoxy) is 1. The zero-order valence-corrected chi connectivity index (χ0v) is 21.5. The molecule has 0 aliphatic carbocycles. The molecule has 35 heavy (non-hydrogen) atoms. The molecule has 0 amide bonds. The predicted molar refractivity (Wildman–Crippen MR) is 135 cm³/mol. The second-order valence-corrected chi connectivity index (χ2v) is 8.31. The van der Waals surface area contributed by atoms with E-state index in [9.17, 15) is 0 Å². The van der Waals surface area contributed by atoms with E-state index in [-0.39, 0.29) is 21.1 Å². The summed E-state index contributed by atoms with van der Waals surface area (Å²) in [6, 6.07) is 33.2. The van der Waals surface area contributed by atoms with Crippen molar-refractivity contribution in [1.82, 2.24) is 14.5 Å². The number of hydrogen-bond acceptors (Lipinski definition) is 3. The van der Waals surface area contributed by atoms with Gasteiger partial charge >= 0.3 is 21.1 Å². The SMILES string of the molecule is Cc1cnc(-n2c3[c-]c(-c4[c-]c(Oc5ccccn5)ccc4)ccc3c3ccccc32)cc1C.[Pt+2]. The normalized spacial score (nSPS) is 10.9. The number of pyridine rings is 2. The Kier molecular flexibility index (Phi) is 6.23. The Morgan fingerprint density at radius 3 is 2.40 bits per heavy atom. The molecule has 0 unspecified atom stereocenters. The molecule has 3 aromatic carbocycles. The van der Waals surface area contributed by atoms with E-state index >= 15 is 0 Å². The molecule has 0 fully saturated rings. The van der Waals surface area contributed by atoms with Gasteiger partial charge in [-0.3, -0.25) is 0 Å². The van der Waals surface area contributed by atoms with Crippen LogP contribution in [0.2, 0.25) is 0 Å². The minimum absolute atomic E-state index is 0. The molecule has 0 spiro atoms. The second-order valence-electron chi connectivity index (χ2n) is 8.31. The number of nitrogens with zero attached hydrogens (tertiary/aromatic N) is 3. The van der Waals surface area contributed by atoms with Crippen LogP contribution in [0.25, 0.3) is 38.8 Å². The topological polar surface area (TPSA) is 39.9 Å². The maximum Gasteiger partial charge on any atom is 2.00 e. The van der Waals surface area contributed by atoms with Gasteiger partial charge in [0.2, 0.25) is 5.88 Å². The Morgan fingerprint density at radius 1 is 0.743 bits per heavy atom. The summed E-state index contributed by atoms with van der Waals surface area (Å²) in [6.07, 6.45) is 3.64. The van der Waals surface area contributed by atoms with Gasteiger partial charge in [0, 0.05) is 29.7 Å². The Hall–Kier alpha value is -3.75. The first kappa shape index (κ1) is 23.0. The molecule has 0 saturated carbocycles. The van der Waals surface area contributed by atoms with Crippen molar-refractivity contribution in [2.75, 3.05) is 0 Å². The molecule has 0 aliphatic rings. The van der Waals surface area contributed by atoms with Gasteiger partial charge in [-0.1, -0.05) is 29.7 Å². The first-order valence-corrected chi connectivity index (χ1v) is 11.2. The van der Waals surface area contributed by atoms with E-state index < -0.39 is 0 Å². The van der Waals surface area contributed by atoms with Crippen molar-refractivity contribution in [1.29, 1.82) is 0 Å². The molecule has 4 nitrogen and oxygen atoms in total. The molecule has 0 radical (unpaired) electrons. The van der Waals surface area contributed by atoms with Crippen molar-refractivity contribution in [2.45, 2.75) is 13.8 Å². The van der Waals surface area contributed by atoms with E-state index in [0.717, 1.165) is 33.4 Å². The van der Waals surface area contributed by atoms with Crippen molar-refractivity contribution in [2.24, 2.45) is 0 Å². The molecule has 0 bridgehead atoms. The molecule has 3 aromatic heterocycles. The van der Waals surface area contributed by atoms with Gasteiger partial charge in [0.15, 0.2) is 0 Å². The average molecular weight is 635 g/mol. The minimum Gasteiger partial charge on any atom is -0.460 e. The zero-order chi connectivity index (χ0) is 23.1. The molecule has 0 saturated heterocycles. The summed E-state index contributed by atoms with van der Waals surface area (Å²) >= 11 is 0. The average Bonchev–Trinajstić information content (AvgIpc) is 3.20. The summed E-state index contributed by atoms with van der Waals surface area (Å²) in [7, 11) is 0. The molecule has 6 rings (SSSR count). The van der Waals surface area contributed by atoms with Crippen molar-refractivity contribution in [3.8, 4) is 28.6 Å². The van der Waals surface area contributed by atoms with Gasteiger partial charge in [-0.15, -0.1) is 18.2 Å². The van der Waals surface area contributed by atoms with Gasteiger partial charge in [0.25, 0.3) is 0 Å². The third kappa shape index (κ3) is 4.26. The third-order valence-corrected chi connectivity index (χ3v) is 6.08. The number of rotatable bonds is 4. The van der Waals surface area contributed by atoms with Crippen LogP contribution in [0, 0.1) is 26.0 Å². The molecular formula is C30H21N3OPt. The van der Waals surface area contributed by atoms with E-state index in [0.29, 0.717) is 11.6 Å². The molecule has 5 heteroatoms. The minimum atomic E-state index is 0. The smallest absolute Gasteiger partial charge is 0.460 e. The zero-order valence-electron chi connectivity index (χ0n) is 19.2. The molecule has 172 valence electrons. The Morgan fingerprint density at radius 2 is 1.57 bits per heavy atom. The summed E-state index contributed by atoms with van der Waals surface area (Å²) in [4.78, 5) is 8.99. The maximum atomic E-state index is 5.90. The number of aromatic nitrogens is 3. The number of fused-ring (bicyclic) bond motifs is 3. The first-order valence-electron chi connectivity index (χ1n) is 11.2. The van der Waals surface area contributed by atoms with E-state index in [1.54, 1.807) is 6.20 Å². The van der Waals surface area contributed by atoms with Crippen LogP contribution in [0.4, 0.5) is 0 Å². The van der Waals surface area contributed by atoms with Crippen molar-refractivity contribution in [3.05, 3.63) is 115 Å². The van der Waals surface area contributed by atoms with Crippen LogP contribution in [0.1, 0.15) is 11.1 Å². The Balaban J connectivity index is 0.00000253. The van der Waals surface area contributed by atoms with Crippen LogP contribution in [0.3, 0.4) is 0 Å². The fraction of sp³-hybridized carbons (Fsp3) is 0.0667. The van der Waals surface area contributed by atoms with Gasteiger partial charge in [-0.05, 0) is 54.1 Å². The largest absolute Gasteiger partial charge is 2.00 e. The molecule has 0 N–H and O–H groups in total. The first-order chi connectivity index (χ1) is 16.7. The maximum absolute atomic E-state index is 5.90. The van der Waals surface area contributed by atoms with E-state index in [1.807, 2.05) is 42.6 Å².